The molecule has 0 bridgehead atoms. The van der Waals surface area contributed by atoms with Crippen molar-refractivity contribution in [2.45, 2.75) is 71.6 Å². The summed E-state index contributed by atoms with van der Waals surface area (Å²) in [6, 6.07) is 10.2. The number of ether oxygens (including phenoxy) is 4. The van der Waals surface area contributed by atoms with Crippen molar-refractivity contribution in [1.82, 2.24) is 10.3 Å². The first kappa shape index (κ1) is 28.0. The van der Waals surface area contributed by atoms with Crippen molar-refractivity contribution in [1.29, 1.82) is 0 Å². The molecule has 8 nitrogen and oxygen atoms in total. The molecule has 2 aromatic rings. The fourth-order valence-electron chi connectivity index (χ4n) is 3.35. The van der Waals surface area contributed by atoms with Gasteiger partial charge in [0.2, 0.25) is 5.75 Å². The number of para-hydroxylation sites is 1. The molecule has 0 saturated carbocycles. The smallest absolute Gasteiger partial charge is 0.328 e. The predicted octanol–water partition coefficient (Wildman–Crippen LogP) is 4.63. The summed E-state index contributed by atoms with van der Waals surface area (Å²) < 4.78 is 22.4. The molecular weight excluding hydrogens is 468 g/mol. The Morgan fingerprint density at radius 1 is 1.11 bits per heavy atom. The second-order valence-corrected chi connectivity index (χ2v) is 8.50. The lowest BCUT2D eigenvalue weighted by Crippen LogP contribution is -2.43. The summed E-state index contributed by atoms with van der Waals surface area (Å²) in [5.74, 6) is 0.0748. The average molecular weight is 503 g/mol. The van der Waals surface area contributed by atoms with E-state index in [2.05, 4.69) is 17.2 Å². The summed E-state index contributed by atoms with van der Waals surface area (Å²) in [6.45, 7) is 6.93. The third kappa shape index (κ3) is 8.83. The van der Waals surface area contributed by atoms with Crippen LogP contribution in [0.3, 0.4) is 0 Å². The van der Waals surface area contributed by atoms with Crippen molar-refractivity contribution in [3.05, 3.63) is 48.3 Å². The van der Waals surface area contributed by atoms with E-state index in [1.165, 1.54) is 20.2 Å². The Kier molecular flexibility index (Phi) is 11.4. The number of aromatic nitrogens is 1. The SMILES string of the molecule is CCCCC[C@@H](OC(=O)[C@H](C)NC(=S)c1nccc(OC)c1OC(C)=O)[C@H](C)Oc1ccccc1. The minimum Gasteiger partial charge on any atom is -0.493 e. The molecular formula is C26H34N2O6S. The number of methoxy groups -OCH3 is 1. The molecule has 1 heterocycles. The van der Waals surface area contributed by atoms with E-state index in [0.717, 1.165) is 19.3 Å². The number of carbonyl (C=O) groups excluding carboxylic acids is 2. The molecule has 1 N–H and O–H groups in total. The predicted molar refractivity (Wildman–Crippen MR) is 137 cm³/mol. The molecule has 190 valence electrons. The molecule has 0 aliphatic carbocycles. The van der Waals surface area contributed by atoms with E-state index in [4.69, 9.17) is 31.2 Å². The first-order valence-electron chi connectivity index (χ1n) is 11.7. The van der Waals surface area contributed by atoms with Gasteiger partial charge < -0.3 is 24.3 Å². The highest BCUT2D eigenvalue weighted by Crippen LogP contribution is 2.30. The Hall–Kier alpha value is -3.20. The number of hydrogen-bond donors (Lipinski definition) is 1. The Bertz CT molecular complexity index is 985. The van der Waals surface area contributed by atoms with Crippen LogP contribution in [0.15, 0.2) is 42.6 Å². The number of hydrogen-bond acceptors (Lipinski definition) is 8. The number of pyridine rings is 1. The topological polar surface area (TPSA) is 96.0 Å². The molecule has 1 aromatic heterocycles. The molecule has 1 aromatic carbocycles. The van der Waals surface area contributed by atoms with Crippen LogP contribution in [0.25, 0.3) is 0 Å². The third-order valence-corrected chi connectivity index (χ3v) is 5.51. The molecule has 0 amide bonds. The minimum atomic E-state index is -0.779. The molecule has 0 radical (unpaired) electrons. The number of esters is 2. The molecule has 3 atom stereocenters. The number of nitrogens with one attached hydrogen (secondary N) is 1. The highest BCUT2D eigenvalue weighted by Gasteiger charge is 2.27. The van der Waals surface area contributed by atoms with Crippen LogP contribution in [0.1, 0.15) is 59.1 Å². The van der Waals surface area contributed by atoms with Gasteiger partial charge in [0.25, 0.3) is 0 Å². The maximum absolute atomic E-state index is 13.0. The van der Waals surface area contributed by atoms with Crippen molar-refractivity contribution < 1.29 is 28.5 Å². The van der Waals surface area contributed by atoms with Crippen LogP contribution in [0.2, 0.25) is 0 Å². The normalized spacial score (nSPS) is 13.2. The lowest BCUT2D eigenvalue weighted by Gasteiger charge is -2.27. The van der Waals surface area contributed by atoms with E-state index in [9.17, 15) is 9.59 Å². The third-order valence-electron chi connectivity index (χ3n) is 5.20. The number of nitrogens with zero attached hydrogens (tertiary/aromatic N) is 1. The van der Waals surface area contributed by atoms with Crippen molar-refractivity contribution in [2.75, 3.05) is 7.11 Å². The van der Waals surface area contributed by atoms with E-state index >= 15 is 0 Å². The van der Waals surface area contributed by atoms with E-state index in [0.29, 0.717) is 17.9 Å². The fraction of sp³-hybridized carbons (Fsp3) is 0.462. The van der Waals surface area contributed by atoms with Crippen molar-refractivity contribution in [3.63, 3.8) is 0 Å². The highest BCUT2D eigenvalue weighted by atomic mass is 32.1. The van der Waals surface area contributed by atoms with Gasteiger partial charge in [0.1, 0.15) is 34.7 Å². The largest absolute Gasteiger partial charge is 0.493 e. The van der Waals surface area contributed by atoms with Crippen LogP contribution in [0.5, 0.6) is 17.2 Å². The summed E-state index contributed by atoms with van der Waals surface area (Å²) >= 11 is 5.45. The second-order valence-electron chi connectivity index (χ2n) is 8.09. The summed E-state index contributed by atoms with van der Waals surface area (Å²) in [5, 5.41) is 2.93. The maximum atomic E-state index is 13.0. The Balaban J connectivity index is 2.10. The zero-order valence-corrected chi connectivity index (χ0v) is 21.7. The molecule has 9 heteroatoms. The molecule has 0 aliphatic rings. The number of unbranched alkanes of at least 4 members (excludes halogenated alkanes) is 2. The summed E-state index contributed by atoms with van der Waals surface area (Å²) in [4.78, 5) is 28.9. The van der Waals surface area contributed by atoms with E-state index in [1.807, 2.05) is 37.3 Å². The Morgan fingerprint density at radius 2 is 1.83 bits per heavy atom. The van der Waals surface area contributed by atoms with Crippen molar-refractivity contribution in [3.8, 4) is 17.2 Å². The quantitative estimate of drug-likeness (QED) is 0.239. The van der Waals surface area contributed by atoms with Crippen LogP contribution in [-0.2, 0) is 14.3 Å². The van der Waals surface area contributed by atoms with E-state index in [1.54, 1.807) is 13.0 Å². The van der Waals surface area contributed by atoms with Gasteiger partial charge in [-0.2, -0.15) is 0 Å². The standard InChI is InChI=1S/C26H34N2O6S/c1-6-7-9-14-21(18(3)32-20-12-10-8-11-13-20)34-26(30)17(2)28-25(35)23-24(33-19(4)29)22(31-5)15-16-27-23/h8,10-13,15-18,21H,6-7,9,14H2,1-5H3,(H,28,35)/t17-,18-,21+/m0/s1. The van der Waals surface area contributed by atoms with Gasteiger partial charge >= 0.3 is 11.9 Å². The fourth-order valence-corrected chi connectivity index (χ4v) is 3.67. The van der Waals surface area contributed by atoms with Crippen LogP contribution in [-0.4, -0.2) is 47.3 Å². The molecule has 0 saturated heterocycles. The van der Waals surface area contributed by atoms with Gasteiger partial charge in [-0.15, -0.1) is 0 Å². The second kappa shape index (κ2) is 14.3. The van der Waals surface area contributed by atoms with Gasteiger partial charge in [-0.05, 0) is 38.8 Å². The molecule has 0 unspecified atom stereocenters. The van der Waals surface area contributed by atoms with Crippen molar-refractivity contribution in [2.24, 2.45) is 0 Å². The number of rotatable bonds is 13. The Labute approximate surface area is 212 Å². The molecule has 2 rings (SSSR count). The Morgan fingerprint density at radius 3 is 2.46 bits per heavy atom. The summed E-state index contributed by atoms with van der Waals surface area (Å²) in [6.07, 6.45) is 4.38. The monoisotopic (exact) mass is 502 g/mol. The molecule has 0 fully saturated rings. The summed E-state index contributed by atoms with van der Waals surface area (Å²) in [7, 11) is 1.44. The minimum absolute atomic E-state index is 0.0860. The lowest BCUT2D eigenvalue weighted by atomic mass is 10.1. The molecule has 35 heavy (non-hydrogen) atoms. The highest BCUT2D eigenvalue weighted by molar-refractivity contribution is 7.80. The van der Waals surface area contributed by atoms with Crippen LogP contribution in [0.4, 0.5) is 0 Å². The van der Waals surface area contributed by atoms with Crippen molar-refractivity contribution >= 4 is 29.1 Å². The van der Waals surface area contributed by atoms with Gasteiger partial charge in [-0.25, -0.2) is 9.78 Å². The zero-order chi connectivity index (χ0) is 25.8. The zero-order valence-electron chi connectivity index (χ0n) is 20.9. The summed E-state index contributed by atoms with van der Waals surface area (Å²) in [5.41, 5.74) is 0.189. The first-order chi connectivity index (χ1) is 16.8. The first-order valence-corrected chi connectivity index (χ1v) is 12.1. The van der Waals surface area contributed by atoms with Crippen LogP contribution >= 0.6 is 12.2 Å². The molecule has 0 aliphatic heterocycles. The number of carbonyl (C=O) groups is 2. The van der Waals surface area contributed by atoms with Crippen LogP contribution in [0, 0.1) is 0 Å². The number of thiocarbonyl (C=S) groups is 1. The van der Waals surface area contributed by atoms with E-state index in [-0.39, 0.29) is 22.5 Å². The van der Waals surface area contributed by atoms with Gasteiger partial charge in [0.05, 0.1) is 7.11 Å². The maximum Gasteiger partial charge on any atom is 0.328 e. The van der Waals surface area contributed by atoms with Crippen LogP contribution < -0.4 is 19.5 Å². The average Bonchev–Trinajstić information content (AvgIpc) is 2.83. The number of benzene rings is 1. The van der Waals surface area contributed by atoms with Gasteiger partial charge in [-0.3, -0.25) is 4.79 Å². The lowest BCUT2D eigenvalue weighted by molar-refractivity contribution is -0.155. The van der Waals surface area contributed by atoms with E-state index < -0.39 is 24.1 Å². The molecule has 0 spiro atoms. The van der Waals surface area contributed by atoms with Gasteiger partial charge in [-0.1, -0.05) is 50.2 Å². The van der Waals surface area contributed by atoms with Gasteiger partial charge in [0.15, 0.2) is 5.75 Å². The van der Waals surface area contributed by atoms with Gasteiger partial charge in [0, 0.05) is 19.2 Å².